The molecule has 0 bridgehead atoms. The maximum atomic E-state index is 13.6. The van der Waals surface area contributed by atoms with Gasteiger partial charge in [-0.3, -0.25) is 4.79 Å². The smallest absolute Gasteiger partial charge is 0.255 e. The molecular weight excluding hydrogens is 327 g/mol. The van der Waals surface area contributed by atoms with Crippen molar-refractivity contribution in [1.29, 1.82) is 0 Å². The first-order valence-electron chi connectivity index (χ1n) is 5.83. The van der Waals surface area contributed by atoms with Gasteiger partial charge < -0.3 is 10.1 Å². The van der Waals surface area contributed by atoms with Gasteiger partial charge in [-0.05, 0) is 33.6 Å². The number of hydrogen-bond acceptors (Lipinski definition) is 3. The zero-order valence-corrected chi connectivity index (χ0v) is 12.3. The highest BCUT2D eigenvalue weighted by atomic mass is 79.9. The largest absolute Gasteiger partial charge is 0.481 e. The van der Waals surface area contributed by atoms with Crippen LogP contribution in [0.4, 0.5) is 4.39 Å². The van der Waals surface area contributed by atoms with E-state index in [2.05, 4.69) is 26.2 Å². The van der Waals surface area contributed by atoms with Crippen molar-refractivity contribution in [3.63, 3.8) is 0 Å². The minimum Gasteiger partial charge on any atom is -0.481 e. The molecule has 0 unspecified atom stereocenters. The highest BCUT2D eigenvalue weighted by Gasteiger charge is 2.14. The zero-order valence-electron chi connectivity index (χ0n) is 10.7. The molecule has 2 aromatic rings. The summed E-state index contributed by atoms with van der Waals surface area (Å²) in [5.41, 5.74) is 0.792. The van der Waals surface area contributed by atoms with E-state index in [0.717, 1.165) is 5.56 Å². The second kappa shape index (κ2) is 6.47. The van der Waals surface area contributed by atoms with Crippen molar-refractivity contribution in [2.75, 3.05) is 7.11 Å². The predicted octanol–water partition coefficient (Wildman–Crippen LogP) is 2.92. The van der Waals surface area contributed by atoms with Gasteiger partial charge in [-0.25, -0.2) is 9.37 Å². The van der Waals surface area contributed by atoms with E-state index >= 15 is 0 Å². The van der Waals surface area contributed by atoms with Gasteiger partial charge in [0, 0.05) is 23.3 Å². The average Bonchev–Trinajstić information content (AvgIpc) is 2.45. The molecule has 0 saturated carbocycles. The van der Waals surface area contributed by atoms with Crippen LogP contribution in [0.15, 0.2) is 41.0 Å². The van der Waals surface area contributed by atoms with Crippen molar-refractivity contribution < 1.29 is 13.9 Å². The quantitative estimate of drug-likeness (QED) is 0.932. The van der Waals surface area contributed by atoms with Crippen molar-refractivity contribution in [3.05, 3.63) is 57.9 Å². The summed E-state index contributed by atoms with van der Waals surface area (Å²) in [4.78, 5) is 16.0. The van der Waals surface area contributed by atoms with E-state index in [-0.39, 0.29) is 12.1 Å². The lowest BCUT2D eigenvalue weighted by Gasteiger charge is -2.08. The third-order valence-corrected chi connectivity index (χ3v) is 3.31. The first-order valence-corrected chi connectivity index (χ1v) is 6.62. The van der Waals surface area contributed by atoms with Crippen molar-refractivity contribution in [2.45, 2.75) is 6.54 Å². The van der Waals surface area contributed by atoms with Crippen molar-refractivity contribution in [2.24, 2.45) is 0 Å². The molecule has 2 rings (SSSR count). The number of amides is 1. The Labute approximate surface area is 124 Å². The average molecular weight is 339 g/mol. The van der Waals surface area contributed by atoms with Gasteiger partial charge >= 0.3 is 0 Å². The molecule has 6 heteroatoms. The van der Waals surface area contributed by atoms with Crippen LogP contribution in [0.25, 0.3) is 0 Å². The molecule has 4 nitrogen and oxygen atoms in total. The van der Waals surface area contributed by atoms with E-state index in [4.69, 9.17) is 4.74 Å². The number of nitrogens with zero attached hydrogens (tertiary/aromatic N) is 1. The summed E-state index contributed by atoms with van der Waals surface area (Å²) in [5.74, 6) is -0.549. The lowest BCUT2D eigenvalue weighted by molar-refractivity contribution is 0.0946. The van der Waals surface area contributed by atoms with E-state index in [1.54, 1.807) is 24.4 Å². The zero-order chi connectivity index (χ0) is 14.5. The summed E-state index contributed by atoms with van der Waals surface area (Å²) in [6, 6.07) is 7.87. The Morgan fingerprint density at radius 1 is 1.40 bits per heavy atom. The molecule has 0 atom stereocenters. The van der Waals surface area contributed by atoms with Crippen LogP contribution in [0.3, 0.4) is 0 Å². The maximum Gasteiger partial charge on any atom is 0.255 e. The van der Waals surface area contributed by atoms with E-state index in [0.29, 0.717) is 10.4 Å². The maximum absolute atomic E-state index is 13.6. The third-order valence-electron chi connectivity index (χ3n) is 2.65. The summed E-state index contributed by atoms with van der Waals surface area (Å²) >= 11 is 3.16. The molecule has 104 valence electrons. The molecular formula is C14H12BrFN2O2. The number of hydrogen-bond donors (Lipinski definition) is 1. The fourth-order valence-corrected chi connectivity index (χ4v) is 2.14. The van der Waals surface area contributed by atoms with E-state index in [1.165, 1.54) is 19.2 Å². The topological polar surface area (TPSA) is 51.2 Å². The Morgan fingerprint density at radius 3 is 2.80 bits per heavy atom. The molecule has 1 aromatic carbocycles. The number of carbonyl (C=O) groups excluding carboxylic acids is 1. The molecule has 1 amide bonds. The van der Waals surface area contributed by atoms with Crippen LogP contribution in [0.2, 0.25) is 0 Å². The van der Waals surface area contributed by atoms with E-state index in [1.807, 2.05) is 0 Å². The van der Waals surface area contributed by atoms with Gasteiger partial charge in [0.15, 0.2) is 0 Å². The minimum absolute atomic E-state index is 0.00558. The predicted molar refractivity (Wildman–Crippen MR) is 76.1 cm³/mol. The number of carbonyl (C=O) groups is 1. The van der Waals surface area contributed by atoms with Crippen LogP contribution in [0, 0.1) is 5.82 Å². The Balaban J connectivity index is 2.05. The van der Waals surface area contributed by atoms with Crippen LogP contribution >= 0.6 is 15.9 Å². The lowest BCUT2D eigenvalue weighted by Crippen LogP contribution is -2.24. The monoisotopic (exact) mass is 338 g/mol. The van der Waals surface area contributed by atoms with Crippen LogP contribution < -0.4 is 10.1 Å². The van der Waals surface area contributed by atoms with E-state index in [9.17, 15) is 9.18 Å². The summed E-state index contributed by atoms with van der Waals surface area (Å²) in [7, 11) is 1.53. The number of benzene rings is 1. The van der Waals surface area contributed by atoms with Gasteiger partial charge in [0.1, 0.15) is 5.82 Å². The second-order valence-electron chi connectivity index (χ2n) is 3.99. The van der Waals surface area contributed by atoms with Gasteiger partial charge in [0.2, 0.25) is 5.88 Å². The summed E-state index contributed by atoms with van der Waals surface area (Å²) in [6.07, 6.45) is 1.59. The molecule has 0 radical (unpaired) electrons. The highest BCUT2D eigenvalue weighted by Crippen LogP contribution is 2.19. The number of aromatic nitrogens is 1. The molecule has 0 aliphatic heterocycles. The number of ether oxygens (including phenoxy) is 1. The Bertz CT molecular complexity index is 597. The summed E-state index contributed by atoms with van der Waals surface area (Å²) < 4.78 is 19.0. The first kappa shape index (κ1) is 14.5. The SMILES string of the molecule is COc1ccc(CNC(=O)c2c(F)cccc2Br)cn1. The van der Waals surface area contributed by atoms with Gasteiger partial charge in [0.05, 0.1) is 12.7 Å². The van der Waals surface area contributed by atoms with Gasteiger partial charge in [0.25, 0.3) is 5.91 Å². The Hall–Kier alpha value is -1.95. The van der Waals surface area contributed by atoms with Crippen molar-refractivity contribution >= 4 is 21.8 Å². The van der Waals surface area contributed by atoms with Crippen LogP contribution in [-0.4, -0.2) is 18.0 Å². The fraction of sp³-hybridized carbons (Fsp3) is 0.143. The van der Waals surface area contributed by atoms with Gasteiger partial charge in [-0.2, -0.15) is 0 Å². The highest BCUT2D eigenvalue weighted by molar-refractivity contribution is 9.10. The third kappa shape index (κ3) is 3.33. The standard InChI is InChI=1S/C14H12BrFN2O2/c1-20-12-6-5-9(7-17-12)8-18-14(19)13-10(15)3-2-4-11(13)16/h2-7H,8H2,1H3,(H,18,19). The number of nitrogens with one attached hydrogen (secondary N) is 1. The van der Waals surface area contributed by atoms with Gasteiger partial charge in [-0.1, -0.05) is 12.1 Å². The summed E-state index contributed by atoms with van der Waals surface area (Å²) in [5, 5.41) is 2.64. The fourth-order valence-electron chi connectivity index (χ4n) is 1.62. The second-order valence-corrected chi connectivity index (χ2v) is 4.84. The van der Waals surface area contributed by atoms with E-state index < -0.39 is 11.7 Å². The number of pyridine rings is 1. The normalized spacial score (nSPS) is 10.2. The van der Waals surface area contributed by atoms with Crippen LogP contribution in [0.1, 0.15) is 15.9 Å². The van der Waals surface area contributed by atoms with Crippen molar-refractivity contribution in [1.82, 2.24) is 10.3 Å². The van der Waals surface area contributed by atoms with Gasteiger partial charge in [-0.15, -0.1) is 0 Å². The van der Waals surface area contributed by atoms with Crippen LogP contribution in [-0.2, 0) is 6.54 Å². The molecule has 0 aliphatic carbocycles. The lowest BCUT2D eigenvalue weighted by atomic mass is 10.2. The molecule has 20 heavy (non-hydrogen) atoms. The molecule has 1 heterocycles. The molecule has 0 fully saturated rings. The minimum atomic E-state index is -0.565. The summed E-state index contributed by atoms with van der Waals surface area (Å²) in [6.45, 7) is 0.261. The Morgan fingerprint density at radius 2 is 2.20 bits per heavy atom. The van der Waals surface area contributed by atoms with Crippen LogP contribution in [0.5, 0.6) is 5.88 Å². The molecule has 0 aliphatic rings. The number of methoxy groups -OCH3 is 1. The number of halogens is 2. The molecule has 0 saturated heterocycles. The number of rotatable bonds is 4. The molecule has 1 N–H and O–H groups in total. The molecule has 0 spiro atoms. The Kier molecular flexibility index (Phi) is 4.68. The van der Waals surface area contributed by atoms with Crippen molar-refractivity contribution in [3.8, 4) is 5.88 Å². The molecule has 1 aromatic heterocycles. The first-order chi connectivity index (χ1) is 9.61.